The summed E-state index contributed by atoms with van der Waals surface area (Å²) in [5, 5.41) is 8.72. The largest absolute Gasteiger partial charge is 0.487 e. The first-order valence-electron chi connectivity index (χ1n) is 3.82. The molecule has 0 bridgehead atoms. The van der Waals surface area contributed by atoms with Crippen molar-refractivity contribution in [2.75, 3.05) is 6.61 Å². The number of hydrogen-bond acceptors (Lipinski definition) is 2. The maximum Gasteiger partial charge on any atom is 0.151 e. The van der Waals surface area contributed by atoms with Crippen LogP contribution in [-0.4, -0.2) is 6.61 Å². The van der Waals surface area contributed by atoms with Gasteiger partial charge in [-0.15, -0.1) is 0 Å². The quantitative estimate of drug-likeness (QED) is 0.778. The number of nitrogens with zero attached hydrogens (tertiary/aromatic N) is 1. The molecule has 0 saturated carbocycles. The molecule has 0 spiro atoms. The number of nitriles is 1. The fraction of sp³-hybridized carbons (Fsp3) is 0.100. The van der Waals surface area contributed by atoms with Gasteiger partial charge in [-0.2, -0.15) is 5.26 Å². The standard InChI is InChI=1S/C10H7BrFNO/c1-2-3-14-10-7(6-13)4-8(12)5-9(10)11/h2,4-5H,1,3H2. The lowest BCUT2D eigenvalue weighted by molar-refractivity contribution is 0.359. The van der Waals surface area contributed by atoms with Crippen molar-refractivity contribution in [3.8, 4) is 11.8 Å². The molecule has 0 heterocycles. The topological polar surface area (TPSA) is 33.0 Å². The molecule has 0 amide bonds. The van der Waals surface area contributed by atoms with Crippen LogP contribution in [-0.2, 0) is 0 Å². The van der Waals surface area contributed by atoms with E-state index in [0.29, 0.717) is 10.2 Å². The van der Waals surface area contributed by atoms with Gasteiger partial charge < -0.3 is 4.74 Å². The summed E-state index contributed by atoms with van der Waals surface area (Å²) in [4.78, 5) is 0. The molecule has 0 unspecified atom stereocenters. The van der Waals surface area contributed by atoms with Gasteiger partial charge >= 0.3 is 0 Å². The molecule has 0 saturated heterocycles. The summed E-state index contributed by atoms with van der Waals surface area (Å²) in [7, 11) is 0. The third-order valence-electron chi connectivity index (χ3n) is 1.47. The highest BCUT2D eigenvalue weighted by molar-refractivity contribution is 9.10. The van der Waals surface area contributed by atoms with Crippen molar-refractivity contribution in [3.63, 3.8) is 0 Å². The molecular formula is C10H7BrFNO. The number of hydrogen-bond donors (Lipinski definition) is 0. The molecule has 0 aliphatic carbocycles. The second kappa shape index (κ2) is 4.77. The fourth-order valence-electron chi connectivity index (χ4n) is 0.932. The molecule has 2 nitrogen and oxygen atoms in total. The van der Waals surface area contributed by atoms with Crippen LogP contribution in [0.4, 0.5) is 4.39 Å². The molecule has 0 radical (unpaired) electrons. The van der Waals surface area contributed by atoms with Crippen LogP contribution in [0.1, 0.15) is 5.56 Å². The van der Waals surface area contributed by atoms with Gasteiger partial charge in [0, 0.05) is 0 Å². The van der Waals surface area contributed by atoms with Gasteiger partial charge in [0.25, 0.3) is 0 Å². The predicted molar refractivity (Wildman–Crippen MR) is 54.5 cm³/mol. The zero-order valence-corrected chi connectivity index (χ0v) is 8.84. The van der Waals surface area contributed by atoms with E-state index in [1.54, 1.807) is 6.08 Å². The van der Waals surface area contributed by atoms with Gasteiger partial charge in [-0.05, 0) is 28.1 Å². The molecule has 1 aromatic carbocycles. The molecule has 72 valence electrons. The minimum Gasteiger partial charge on any atom is -0.487 e. The Kier molecular flexibility index (Phi) is 3.66. The minimum atomic E-state index is -0.473. The van der Waals surface area contributed by atoms with Crippen LogP contribution in [0.25, 0.3) is 0 Å². The van der Waals surface area contributed by atoms with Crippen LogP contribution in [0, 0.1) is 17.1 Å². The van der Waals surface area contributed by atoms with Crippen molar-refractivity contribution in [2.24, 2.45) is 0 Å². The lowest BCUT2D eigenvalue weighted by Gasteiger charge is -2.07. The van der Waals surface area contributed by atoms with Gasteiger partial charge in [-0.1, -0.05) is 12.7 Å². The predicted octanol–water partition coefficient (Wildman–Crippen LogP) is 3.02. The zero-order valence-electron chi connectivity index (χ0n) is 7.26. The molecule has 0 atom stereocenters. The van der Waals surface area contributed by atoms with E-state index in [2.05, 4.69) is 22.5 Å². The third kappa shape index (κ3) is 2.33. The van der Waals surface area contributed by atoms with E-state index in [1.807, 2.05) is 6.07 Å². The van der Waals surface area contributed by atoms with Crippen molar-refractivity contribution in [1.82, 2.24) is 0 Å². The van der Waals surface area contributed by atoms with Gasteiger partial charge in [0.05, 0.1) is 10.0 Å². The molecule has 0 N–H and O–H groups in total. The Morgan fingerprint density at radius 1 is 1.64 bits per heavy atom. The number of ether oxygens (including phenoxy) is 1. The molecule has 0 aromatic heterocycles. The van der Waals surface area contributed by atoms with Crippen LogP contribution in [0.15, 0.2) is 29.3 Å². The van der Waals surface area contributed by atoms with E-state index >= 15 is 0 Å². The maximum absolute atomic E-state index is 12.9. The maximum atomic E-state index is 12.9. The van der Waals surface area contributed by atoms with E-state index in [4.69, 9.17) is 10.00 Å². The number of rotatable bonds is 3. The van der Waals surface area contributed by atoms with E-state index in [-0.39, 0.29) is 12.2 Å². The molecule has 1 rings (SSSR count). The van der Waals surface area contributed by atoms with Gasteiger partial charge in [0.2, 0.25) is 0 Å². The summed E-state index contributed by atoms with van der Waals surface area (Å²) in [6.07, 6.45) is 1.55. The van der Waals surface area contributed by atoms with E-state index in [1.165, 1.54) is 6.07 Å². The summed E-state index contributed by atoms with van der Waals surface area (Å²) in [5.41, 5.74) is 0.165. The van der Waals surface area contributed by atoms with Crippen molar-refractivity contribution >= 4 is 15.9 Å². The molecule has 4 heteroatoms. The lowest BCUT2D eigenvalue weighted by atomic mass is 10.2. The van der Waals surface area contributed by atoms with Crippen LogP contribution in [0.3, 0.4) is 0 Å². The van der Waals surface area contributed by atoms with E-state index in [9.17, 15) is 4.39 Å². The van der Waals surface area contributed by atoms with Gasteiger partial charge in [0.1, 0.15) is 18.5 Å². The Morgan fingerprint density at radius 3 is 2.93 bits per heavy atom. The summed E-state index contributed by atoms with van der Waals surface area (Å²) >= 11 is 3.12. The average Bonchev–Trinajstić information content (AvgIpc) is 2.15. The Bertz CT molecular complexity index is 398. The average molecular weight is 256 g/mol. The molecule has 0 aliphatic heterocycles. The second-order valence-electron chi connectivity index (χ2n) is 2.48. The molecule has 0 aliphatic rings. The van der Waals surface area contributed by atoms with Crippen LogP contribution in [0.2, 0.25) is 0 Å². The van der Waals surface area contributed by atoms with Crippen LogP contribution < -0.4 is 4.74 Å². The van der Waals surface area contributed by atoms with Gasteiger partial charge in [-0.3, -0.25) is 0 Å². The summed E-state index contributed by atoms with van der Waals surface area (Å²) < 4.78 is 18.5. The first kappa shape index (κ1) is 10.7. The monoisotopic (exact) mass is 255 g/mol. The second-order valence-corrected chi connectivity index (χ2v) is 3.33. The SMILES string of the molecule is C=CCOc1c(Br)cc(F)cc1C#N. The minimum absolute atomic E-state index is 0.165. The highest BCUT2D eigenvalue weighted by Crippen LogP contribution is 2.29. The molecule has 0 fully saturated rings. The lowest BCUT2D eigenvalue weighted by Crippen LogP contribution is -1.97. The fourth-order valence-corrected chi connectivity index (χ4v) is 1.48. The normalized spacial score (nSPS) is 9.21. The Hall–Kier alpha value is -1.34. The molecule has 1 aromatic rings. The Balaban J connectivity index is 3.13. The van der Waals surface area contributed by atoms with E-state index in [0.717, 1.165) is 6.07 Å². The van der Waals surface area contributed by atoms with Crippen molar-refractivity contribution in [2.45, 2.75) is 0 Å². The van der Waals surface area contributed by atoms with Crippen LogP contribution in [0.5, 0.6) is 5.75 Å². The summed E-state index contributed by atoms with van der Waals surface area (Å²) in [5.74, 6) is -0.131. The highest BCUT2D eigenvalue weighted by atomic mass is 79.9. The van der Waals surface area contributed by atoms with Gasteiger partial charge in [-0.25, -0.2) is 4.39 Å². The summed E-state index contributed by atoms with van der Waals surface area (Å²) in [6, 6.07) is 4.23. The van der Waals surface area contributed by atoms with E-state index < -0.39 is 5.82 Å². The molecular weight excluding hydrogens is 249 g/mol. The van der Waals surface area contributed by atoms with Crippen LogP contribution >= 0.6 is 15.9 Å². The van der Waals surface area contributed by atoms with Crippen molar-refractivity contribution in [1.29, 1.82) is 5.26 Å². The zero-order chi connectivity index (χ0) is 10.6. The van der Waals surface area contributed by atoms with Gasteiger partial charge in [0.15, 0.2) is 5.75 Å². The first-order valence-corrected chi connectivity index (χ1v) is 4.61. The Labute approximate surface area is 89.7 Å². The summed E-state index contributed by atoms with van der Waals surface area (Å²) in [6.45, 7) is 3.76. The Morgan fingerprint density at radius 2 is 2.36 bits per heavy atom. The number of halogens is 2. The van der Waals surface area contributed by atoms with Crippen molar-refractivity contribution in [3.05, 3.63) is 40.6 Å². The smallest absolute Gasteiger partial charge is 0.151 e. The highest BCUT2D eigenvalue weighted by Gasteiger charge is 2.09. The third-order valence-corrected chi connectivity index (χ3v) is 2.06. The molecule has 14 heavy (non-hydrogen) atoms. The van der Waals surface area contributed by atoms with Crippen molar-refractivity contribution < 1.29 is 9.13 Å². The first-order chi connectivity index (χ1) is 6.69. The number of benzene rings is 1.